The summed E-state index contributed by atoms with van der Waals surface area (Å²) in [6, 6.07) is 6.94. The zero-order valence-corrected chi connectivity index (χ0v) is 10.1. The molecule has 0 atom stereocenters. The second-order valence-corrected chi connectivity index (χ2v) is 4.14. The SMILES string of the molecule is CC(C)CNC(=O)NN=Cc1cccc(N)c1. The maximum atomic E-state index is 11.2. The molecular weight excluding hydrogens is 216 g/mol. The molecule has 0 aliphatic carbocycles. The average molecular weight is 234 g/mol. The van der Waals surface area contributed by atoms with Gasteiger partial charge in [0.05, 0.1) is 6.21 Å². The normalized spacial score (nSPS) is 10.8. The number of carbonyl (C=O) groups excluding carboxylic acids is 1. The van der Waals surface area contributed by atoms with Crippen molar-refractivity contribution >= 4 is 17.9 Å². The van der Waals surface area contributed by atoms with Gasteiger partial charge >= 0.3 is 6.03 Å². The van der Waals surface area contributed by atoms with Crippen molar-refractivity contribution in [1.29, 1.82) is 0 Å². The lowest BCUT2D eigenvalue weighted by Crippen LogP contribution is -2.34. The maximum absolute atomic E-state index is 11.2. The van der Waals surface area contributed by atoms with E-state index < -0.39 is 0 Å². The lowest BCUT2D eigenvalue weighted by atomic mass is 10.2. The molecule has 92 valence electrons. The van der Waals surface area contributed by atoms with Gasteiger partial charge in [0.25, 0.3) is 0 Å². The standard InChI is InChI=1S/C12H18N4O/c1-9(2)7-14-12(17)16-15-8-10-4-3-5-11(13)6-10/h3-6,8-9H,7,13H2,1-2H3,(H2,14,16,17). The fourth-order valence-corrected chi connectivity index (χ4v) is 1.14. The minimum atomic E-state index is -0.307. The minimum Gasteiger partial charge on any atom is -0.399 e. The Morgan fingerprint density at radius 2 is 2.29 bits per heavy atom. The number of nitrogens with one attached hydrogen (secondary N) is 2. The first kappa shape index (κ1) is 13.0. The van der Waals surface area contributed by atoms with E-state index in [-0.39, 0.29) is 6.03 Å². The van der Waals surface area contributed by atoms with Gasteiger partial charge in [-0.05, 0) is 23.6 Å². The van der Waals surface area contributed by atoms with E-state index in [9.17, 15) is 4.79 Å². The third-order valence-electron chi connectivity index (χ3n) is 1.96. The largest absolute Gasteiger partial charge is 0.399 e. The highest BCUT2D eigenvalue weighted by Gasteiger charge is 1.98. The average Bonchev–Trinajstić information content (AvgIpc) is 2.26. The second kappa shape index (κ2) is 6.52. The predicted molar refractivity (Wildman–Crippen MR) is 69.8 cm³/mol. The van der Waals surface area contributed by atoms with Crippen LogP contribution in [0.15, 0.2) is 29.4 Å². The fraction of sp³-hybridized carbons (Fsp3) is 0.333. The first-order valence-electron chi connectivity index (χ1n) is 5.50. The van der Waals surface area contributed by atoms with Crippen molar-refractivity contribution in [2.24, 2.45) is 11.0 Å². The first-order chi connectivity index (χ1) is 8.08. The Balaban J connectivity index is 2.37. The van der Waals surface area contributed by atoms with Gasteiger partial charge in [0.15, 0.2) is 0 Å². The molecule has 2 amide bonds. The quantitative estimate of drug-likeness (QED) is 0.420. The van der Waals surface area contributed by atoms with Gasteiger partial charge in [-0.1, -0.05) is 26.0 Å². The molecule has 1 rings (SSSR count). The molecule has 4 N–H and O–H groups in total. The second-order valence-electron chi connectivity index (χ2n) is 4.14. The van der Waals surface area contributed by atoms with Gasteiger partial charge in [-0.2, -0.15) is 5.10 Å². The van der Waals surface area contributed by atoms with Gasteiger partial charge in [-0.3, -0.25) is 0 Å². The third kappa shape index (κ3) is 5.55. The van der Waals surface area contributed by atoms with E-state index in [0.29, 0.717) is 18.2 Å². The minimum absolute atomic E-state index is 0.307. The monoisotopic (exact) mass is 234 g/mol. The van der Waals surface area contributed by atoms with E-state index in [0.717, 1.165) is 5.56 Å². The van der Waals surface area contributed by atoms with Crippen LogP contribution in [-0.4, -0.2) is 18.8 Å². The van der Waals surface area contributed by atoms with Crippen LogP contribution >= 0.6 is 0 Å². The fourth-order valence-electron chi connectivity index (χ4n) is 1.14. The molecule has 0 aromatic heterocycles. The Morgan fingerprint density at radius 3 is 2.94 bits per heavy atom. The van der Waals surface area contributed by atoms with Gasteiger partial charge in [-0.25, -0.2) is 10.2 Å². The number of urea groups is 1. The molecule has 17 heavy (non-hydrogen) atoms. The molecule has 0 bridgehead atoms. The van der Waals surface area contributed by atoms with E-state index >= 15 is 0 Å². The molecular formula is C12H18N4O. The van der Waals surface area contributed by atoms with E-state index in [1.165, 1.54) is 0 Å². The zero-order chi connectivity index (χ0) is 12.7. The number of nitrogen functional groups attached to an aromatic ring is 1. The highest BCUT2D eigenvalue weighted by Crippen LogP contribution is 2.03. The third-order valence-corrected chi connectivity index (χ3v) is 1.96. The highest BCUT2D eigenvalue weighted by atomic mass is 16.2. The van der Waals surface area contributed by atoms with E-state index in [2.05, 4.69) is 15.8 Å². The van der Waals surface area contributed by atoms with Gasteiger partial charge in [0.2, 0.25) is 0 Å². The molecule has 5 heteroatoms. The van der Waals surface area contributed by atoms with Crippen LogP contribution in [0.4, 0.5) is 10.5 Å². The molecule has 0 aliphatic heterocycles. The van der Waals surface area contributed by atoms with Gasteiger partial charge in [0, 0.05) is 12.2 Å². The van der Waals surface area contributed by atoms with E-state index in [1.54, 1.807) is 18.3 Å². The van der Waals surface area contributed by atoms with Crippen LogP contribution in [-0.2, 0) is 0 Å². The van der Waals surface area contributed by atoms with Crippen LogP contribution < -0.4 is 16.5 Å². The van der Waals surface area contributed by atoms with Crippen LogP contribution in [0.1, 0.15) is 19.4 Å². The Bertz CT molecular complexity index is 401. The van der Waals surface area contributed by atoms with Crippen molar-refractivity contribution in [3.8, 4) is 0 Å². The van der Waals surface area contributed by atoms with Crippen molar-refractivity contribution in [2.45, 2.75) is 13.8 Å². The highest BCUT2D eigenvalue weighted by molar-refractivity contribution is 5.82. The molecule has 0 saturated heterocycles. The van der Waals surface area contributed by atoms with Crippen LogP contribution in [0.5, 0.6) is 0 Å². The van der Waals surface area contributed by atoms with Crippen molar-refractivity contribution in [3.05, 3.63) is 29.8 Å². The van der Waals surface area contributed by atoms with Crippen LogP contribution in [0.2, 0.25) is 0 Å². The van der Waals surface area contributed by atoms with E-state index in [1.807, 2.05) is 26.0 Å². The summed E-state index contributed by atoms with van der Waals surface area (Å²) in [6.45, 7) is 4.67. The predicted octanol–water partition coefficient (Wildman–Crippen LogP) is 1.56. The van der Waals surface area contributed by atoms with Crippen molar-refractivity contribution in [3.63, 3.8) is 0 Å². The van der Waals surface area contributed by atoms with Crippen molar-refractivity contribution < 1.29 is 4.79 Å². The van der Waals surface area contributed by atoms with Crippen LogP contribution in [0.25, 0.3) is 0 Å². The summed E-state index contributed by atoms with van der Waals surface area (Å²) >= 11 is 0. The van der Waals surface area contributed by atoms with Gasteiger partial charge < -0.3 is 11.1 Å². The maximum Gasteiger partial charge on any atom is 0.335 e. The van der Waals surface area contributed by atoms with E-state index in [4.69, 9.17) is 5.73 Å². The topological polar surface area (TPSA) is 79.5 Å². The van der Waals surface area contributed by atoms with Crippen molar-refractivity contribution in [2.75, 3.05) is 12.3 Å². The number of rotatable bonds is 4. The van der Waals surface area contributed by atoms with Crippen LogP contribution in [0, 0.1) is 5.92 Å². The summed E-state index contributed by atoms with van der Waals surface area (Å²) in [6.07, 6.45) is 1.55. The molecule has 0 unspecified atom stereocenters. The number of hydrazone groups is 1. The number of benzene rings is 1. The molecule has 0 radical (unpaired) electrons. The smallest absolute Gasteiger partial charge is 0.335 e. The molecule has 1 aromatic rings. The number of carbonyl (C=O) groups is 1. The summed E-state index contributed by atoms with van der Waals surface area (Å²) in [5, 5.41) is 6.51. The Hall–Kier alpha value is -2.04. The molecule has 0 spiro atoms. The van der Waals surface area contributed by atoms with Crippen LogP contribution in [0.3, 0.4) is 0 Å². The molecule has 0 aliphatic rings. The Morgan fingerprint density at radius 1 is 1.53 bits per heavy atom. The molecule has 5 nitrogen and oxygen atoms in total. The molecule has 1 aromatic carbocycles. The number of nitrogens with zero attached hydrogens (tertiary/aromatic N) is 1. The number of anilines is 1. The van der Waals surface area contributed by atoms with Gasteiger partial charge in [0.1, 0.15) is 0 Å². The lowest BCUT2D eigenvalue weighted by molar-refractivity contribution is 0.240. The first-order valence-corrected chi connectivity index (χ1v) is 5.50. The van der Waals surface area contributed by atoms with Gasteiger partial charge in [-0.15, -0.1) is 0 Å². The Labute approximate surface area is 101 Å². The number of amides is 2. The zero-order valence-electron chi connectivity index (χ0n) is 10.1. The lowest BCUT2D eigenvalue weighted by Gasteiger charge is -2.05. The summed E-state index contributed by atoms with van der Waals surface area (Å²) in [5.74, 6) is 0.415. The summed E-state index contributed by atoms with van der Waals surface area (Å²) in [5.41, 5.74) is 9.50. The molecule has 0 saturated carbocycles. The number of hydrogen-bond acceptors (Lipinski definition) is 3. The molecule has 0 fully saturated rings. The Kier molecular flexibility index (Phi) is 5.00. The summed E-state index contributed by atoms with van der Waals surface area (Å²) < 4.78 is 0. The summed E-state index contributed by atoms with van der Waals surface area (Å²) in [7, 11) is 0. The molecule has 0 heterocycles. The summed E-state index contributed by atoms with van der Waals surface area (Å²) in [4.78, 5) is 11.2. The van der Waals surface area contributed by atoms with Crippen molar-refractivity contribution in [1.82, 2.24) is 10.7 Å². The number of nitrogens with two attached hydrogens (primary N) is 1. The number of hydrogen-bond donors (Lipinski definition) is 3.